The van der Waals surface area contributed by atoms with Gasteiger partial charge in [0.1, 0.15) is 5.56 Å². The number of H-pyrrole nitrogens is 1. The third kappa shape index (κ3) is 3.60. The molecule has 1 fully saturated rings. The monoisotopic (exact) mass is 316 g/mol. The maximum absolute atomic E-state index is 12.4. The van der Waals surface area contributed by atoms with Crippen molar-refractivity contribution >= 4 is 16.0 Å². The topological polar surface area (TPSA) is 127 Å². The average Bonchev–Trinajstić information content (AvgIpc) is 2.92. The Morgan fingerprint density at radius 3 is 2.90 bits per heavy atom. The van der Waals surface area contributed by atoms with Crippen LogP contribution in [0.5, 0.6) is 0 Å². The van der Waals surface area contributed by atoms with E-state index >= 15 is 0 Å². The van der Waals surface area contributed by atoms with Gasteiger partial charge in [0, 0.05) is 12.1 Å². The summed E-state index contributed by atoms with van der Waals surface area (Å²) >= 11 is 0. The molecule has 9 heteroatoms. The largest absolute Gasteiger partial charge is 0.462 e. The highest BCUT2D eigenvalue weighted by Gasteiger charge is 2.31. The normalized spacial score (nSPS) is 23.0. The first kappa shape index (κ1) is 15.9. The molecule has 1 aromatic heterocycles. The van der Waals surface area contributed by atoms with Crippen molar-refractivity contribution in [3.63, 3.8) is 0 Å². The molecule has 0 bridgehead atoms. The van der Waals surface area contributed by atoms with Crippen LogP contribution in [0.2, 0.25) is 0 Å². The number of aromatic amines is 1. The van der Waals surface area contributed by atoms with Gasteiger partial charge < -0.3 is 10.5 Å². The van der Waals surface area contributed by atoms with Crippen LogP contribution >= 0.6 is 0 Å². The smallest absolute Gasteiger partial charge is 0.342 e. The fraction of sp³-hybridized carbons (Fsp3) is 0.667. The van der Waals surface area contributed by atoms with E-state index in [1.165, 1.54) is 0 Å². The molecule has 1 aromatic rings. The van der Waals surface area contributed by atoms with Crippen LogP contribution in [-0.2, 0) is 14.8 Å². The second-order valence-electron chi connectivity index (χ2n) is 5.01. The first-order valence-corrected chi connectivity index (χ1v) is 8.42. The summed E-state index contributed by atoms with van der Waals surface area (Å²) < 4.78 is 32.2. The first-order valence-electron chi connectivity index (χ1n) is 6.94. The minimum Gasteiger partial charge on any atom is -0.462 e. The predicted octanol–water partition coefficient (Wildman–Crippen LogP) is 0.135. The van der Waals surface area contributed by atoms with E-state index in [0.717, 1.165) is 25.5 Å². The third-order valence-corrected chi connectivity index (χ3v) is 4.96. The molecule has 0 amide bonds. The Morgan fingerprint density at radius 2 is 2.24 bits per heavy atom. The lowest BCUT2D eigenvalue weighted by Gasteiger charge is -2.28. The van der Waals surface area contributed by atoms with Gasteiger partial charge >= 0.3 is 5.97 Å². The van der Waals surface area contributed by atoms with Crippen molar-refractivity contribution in [1.82, 2.24) is 14.9 Å². The number of aromatic nitrogens is 2. The van der Waals surface area contributed by atoms with Crippen LogP contribution in [0, 0.1) is 0 Å². The van der Waals surface area contributed by atoms with E-state index in [1.807, 2.05) is 0 Å². The molecule has 0 spiro atoms. The van der Waals surface area contributed by atoms with E-state index in [0.29, 0.717) is 6.42 Å². The van der Waals surface area contributed by atoms with E-state index in [1.54, 1.807) is 6.92 Å². The number of hydrogen-bond donors (Lipinski definition) is 3. The highest BCUT2D eigenvalue weighted by Crippen LogP contribution is 2.20. The summed E-state index contributed by atoms with van der Waals surface area (Å²) in [5.41, 5.74) is 5.84. The minimum atomic E-state index is -3.89. The van der Waals surface area contributed by atoms with Gasteiger partial charge in [-0.2, -0.15) is 5.10 Å². The quantitative estimate of drug-likeness (QED) is 0.663. The third-order valence-electron chi connectivity index (χ3n) is 3.49. The van der Waals surface area contributed by atoms with E-state index < -0.39 is 16.0 Å². The van der Waals surface area contributed by atoms with Crippen LogP contribution in [0.4, 0.5) is 0 Å². The Bertz CT molecular complexity index is 598. The summed E-state index contributed by atoms with van der Waals surface area (Å²) in [6, 6.07) is -0.551. The van der Waals surface area contributed by atoms with Crippen molar-refractivity contribution in [2.75, 3.05) is 6.61 Å². The first-order chi connectivity index (χ1) is 9.95. The standard InChI is InChI=1S/C12H20N4O4S/c1-2-20-12(17)8-7-14-15-11(8)21(18,19)16-10-6-4-3-5-9(10)13/h7,9-10,16H,2-6,13H2,1H3,(H,14,15). The Labute approximate surface area is 123 Å². The number of nitrogens with zero attached hydrogens (tertiary/aromatic N) is 1. The van der Waals surface area contributed by atoms with Gasteiger partial charge in [0.05, 0.1) is 12.8 Å². The molecule has 2 atom stereocenters. The molecule has 1 heterocycles. The van der Waals surface area contributed by atoms with E-state index in [2.05, 4.69) is 14.9 Å². The minimum absolute atomic E-state index is 0.103. The van der Waals surface area contributed by atoms with Crippen LogP contribution in [0.3, 0.4) is 0 Å². The molecule has 2 rings (SSSR count). The predicted molar refractivity (Wildman–Crippen MR) is 75.1 cm³/mol. The fourth-order valence-corrected chi connectivity index (χ4v) is 3.80. The lowest BCUT2D eigenvalue weighted by atomic mass is 9.92. The second kappa shape index (κ2) is 6.54. The number of carbonyl (C=O) groups excluding carboxylic acids is 1. The number of ether oxygens (including phenoxy) is 1. The van der Waals surface area contributed by atoms with Gasteiger partial charge in [-0.1, -0.05) is 12.8 Å². The van der Waals surface area contributed by atoms with Gasteiger partial charge in [-0.3, -0.25) is 5.10 Å². The van der Waals surface area contributed by atoms with Crippen LogP contribution in [0.25, 0.3) is 0 Å². The zero-order valence-electron chi connectivity index (χ0n) is 11.8. The molecule has 0 aliphatic heterocycles. The summed E-state index contributed by atoms with van der Waals surface area (Å²) in [7, 11) is -3.89. The lowest BCUT2D eigenvalue weighted by Crippen LogP contribution is -2.49. The van der Waals surface area contributed by atoms with E-state index in [4.69, 9.17) is 10.5 Å². The zero-order valence-corrected chi connectivity index (χ0v) is 12.6. The van der Waals surface area contributed by atoms with Crippen LogP contribution in [0.15, 0.2) is 11.2 Å². The maximum atomic E-state index is 12.4. The molecule has 0 saturated heterocycles. The van der Waals surface area contributed by atoms with Crippen molar-refractivity contribution in [2.45, 2.75) is 49.7 Å². The number of nitrogens with two attached hydrogens (primary N) is 1. The van der Waals surface area contributed by atoms with Crippen LogP contribution in [-0.4, -0.2) is 43.3 Å². The maximum Gasteiger partial charge on any atom is 0.342 e. The van der Waals surface area contributed by atoms with Crippen LogP contribution in [0.1, 0.15) is 43.0 Å². The van der Waals surface area contributed by atoms with Crippen molar-refractivity contribution in [2.24, 2.45) is 5.73 Å². The molecule has 0 aromatic carbocycles. The van der Waals surface area contributed by atoms with Gasteiger partial charge in [-0.05, 0) is 19.8 Å². The van der Waals surface area contributed by atoms with Crippen molar-refractivity contribution in [3.8, 4) is 0 Å². The Hall–Kier alpha value is -1.45. The zero-order chi connectivity index (χ0) is 15.5. The Balaban J connectivity index is 2.20. The number of sulfonamides is 1. The van der Waals surface area contributed by atoms with Gasteiger partial charge in [0.2, 0.25) is 0 Å². The molecule has 118 valence electrons. The van der Waals surface area contributed by atoms with E-state index in [9.17, 15) is 13.2 Å². The summed E-state index contributed by atoms with van der Waals surface area (Å²) in [6.45, 7) is 1.80. The lowest BCUT2D eigenvalue weighted by molar-refractivity contribution is 0.0522. The molecule has 1 saturated carbocycles. The van der Waals surface area contributed by atoms with Gasteiger partial charge in [0.25, 0.3) is 10.0 Å². The number of esters is 1. The van der Waals surface area contributed by atoms with Gasteiger partial charge in [-0.15, -0.1) is 0 Å². The van der Waals surface area contributed by atoms with Gasteiger partial charge in [0.15, 0.2) is 5.03 Å². The SMILES string of the molecule is CCOC(=O)c1cn[nH]c1S(=O)(=O)NC1CCCCC1N. The number of carbonyl (C=O) groups is 1. The molecule has 2 unspecified atom stereocenters. The molecule has 21 heavy (non-hydrogen) atoms. The highest BCUT2D eigenvalue weighted by atomic mass is 32.2. The Morgan fingerprint density at radius 1 is 1.52 bits per heavy atom. The molecule has 1 aliphatic carbocycles. The van der Waals surface area contributed by atoms with Crippen molar-refractivity contribution in [3.05, 3.63) is 11.8 Å². The fourth-order valence-electron chi connectivity index (χ4n) is 2.40. The molecular weight excluding hydrogens is 296 g/mol. The number of hydrogen-bond acceptors (Lipinski definition) is 6. The summed E-state index contributed by atoms with van der Waals surface area (Å²) in [6.07, 6.45) is 4.53. The highest BCUT2D eigenvalue weighted by molar-refractivity contribution is 7.89. The summed E-state index contributed by atoms with van der Waals surface area (Å²) in [5.74, 6) is -0.723. The molecule has 8 nitrogen and oxygen atoms in total. The number of rotatable bonds is 5. The molecule has 4 N–H and O–H groups in total. The summed E-state index contributed by atoms with van der Waals surface area (Å²) in [4.78, 5) is 11.7. The molecule has 1 aliphatic rings. The van der Waals surface area contributed by atoms with Crippen LogP contribution < -0.4 is 10.5 Å². The van der Waals surface area contributed by atoms with Crippen molar-refractivity contribution in [1.29, 1.82) is 0 Å². The number of nitrogens with one attached hydrogen (secondary N) is 2. The summed E-state index contributed by atoms with van der Waals surface area (Å²) in [5, 5.41) is 5.70. The van der Waals surface area contributed by atoms with Gasteiger partial charge in [-0.25, -0.2) is 17.9 Å². The Kier molecular flexibility index (Phi) is 4.96. The molecular formula is C12H20N4O4S. The average molecular weight is 316 g/mol. The van der Waals surface area contributed by atoms with E-state index in [-0.39, 0.29) is 29.3 Å². The van der Waals surface area contributed by atoms with Crippen molar-refractivity contribution < 1.29 is 17.9 Å². The molecule has 0 radical (unpaired) electrons. The second-order valence-corrected chi connectivity index (χ2v) is 6.66.